The number of carbonyl (C=O) groups is 2. The highest BCUT2D eigenvalue weighted by Crippen LogP contribution is 2.53. The normalized spacial score (nSPS) is 12.7. The first-order valence-electron chi connectivity index (χ1n) is 9.38. The van der Waals surface area contributed by atoms with Crippen LogP contribution in [-0.2, 0) is 4.57 Å². The predicted octanol–water partition coefficient (Wildman–Crippen LogP) is 4.99. The van der Waals surface area contributed by atoms with E-state index < -0.39 is 18.2 Å². The maximum absolute atomic E-state index is 14.4. The van der Waals surface area contributed by atoms with Crippen molar-refractivity contribution in [3.8, 4) is 11.5 Å². The van der Waals surface area contributed by atoms with Gasteiger partial charge >= 0.3 is 0 Å². The number of methoxy groups -OCH3 is 2. The summed E-state index contributed by atoms with van der Waals surface area (Å²) in [5.41, 5.74) is 0.368. The first-order chi connectivity index (χ1) is 14.3. The van der Waals surface area contributed by atoms with Gasteiger partial charge in [-0.3, -0.25) is 9.59 Å². The quantitative estimate of drug-likeness (QED) is 0.502. The minimum absolute atomic E-state index is 0.00667. The fraction of sp³-hybridized carbons (Fsp3) is 0.167. The molecule has 0 aromatic heterocycles. The van der Waals surface area contributed by atoms with Crippen LogP contribution in [0.4, 0.5) is 0 Å². The van der Waals surface area contributed by atoms with Gasteiger partial charge in [0, 0.05) is 10.9 Å². The Morgan fingerprint density at radius 2 is 1.37 bits per heavy atom. The summed E-state index contributed by atoms with van der Waals surface area (Å²) in [7, 11) is -1.44. The molecule has 0 amide bonds. The lowest BCUT2D eigenvalue weighted by molar-refractivity contribution is 0.103. The molecule has 1 atom stereocenters. The fourth-order valence-electron chi connectivity index (χ4n) is 3.41. The third-order valence-electron chi connectivity index (χ3n) is 4.95. The molecule has 30 heavy (non-hydrogen) atoms. The number of hydrogen-bond acceptors (Lipinski definition) is 5. The van der Waals surface area contributed by atoms with Crippen LogP contribution in [-0.4, -0.2) is 25.3 Å². The summed E-state index contributed by atoms with van der Waals surface area (Å²) in [6, 6.07) is 18.2. The molecule has 0 radical (unpaired) electrons. The zero-order chi connectivity index (χ0) is 21.9. The van der Waals surface area contributed by atoms with Crippen molar-refractivity contribution in [1.82, 2.24) is 0 Å². The largest absolute Gasteiger partial charge is 0.496 e. The van der Waals surface area contributed by atoms with Gasteiger partial charge in [0.05, 0.1) is 14.2 Å². The van der Waals surface area contributed by atoms with Gasteiger partial charge in [0.2, 0.25) is 18.2 Å². The molecule has 0 saturated carbocycles. The Kier molecular flexibility index (Phi) is 6.23. The lowest BCUT2D eigenvalue weighted by Gasteiger charge is -2.20. The van der Waals surface area contributed by atoms with Crippen LogP contribution in [0, 0.1) is 13.8 Å². The van der Waals surface area contributed by atoms with E-state index in [2.05, 4.69) is 0 Å². The van der Waals surface area contributed by atoms with Crippen LogP contribution in [0.3, 0.4) is 0 Å². The summed E-state index contributed by atoms with van der Waals surface area (Å²) < 4.78 is 25.0. The number of carbonyl (C=O) groups excluding carboxylic acids is 2. The third-order valence-corrected chi connectivity index (χ3v) is 7.58. The Morgan fingerprint density at radius 3 is 1.90 bits per heavy atom. The number of ether oxygens (including phenoxy) is 2. The van der Waals surface area contributed by atoms with Crippen molar-refractivity contribution in [3.05, 3.63) is 89.0 Å². The van der Waals surface area contributed by atoms with Crippen molar-refractivity contribution in [2.45, 2.75) is 13.8 Å². The molecule has 154 valence electrons. The second-order valence-corrected chi connectivity index (χ2v) is 9.46. The van der Waals surface area contributed by atoms with E-state index in [9.17, 15) is 14.2 Å². The number of rotatable bonds is 7. The molecular formula is C24H23O5P. The van der Waals surface area contributed by atoms with Crippen LogP contribution in [0.25, 0.3) is 0 Å². The highest BCUT2D eigenvalue weighted by Gasteiger charge is 2.45. The minimum atomic E-state index is -4.26. The molecular weight excluding hydrogens is 399 g/mol. The van der Waals surface area contributed by atoms with E-state index in [1.807, 2.05) is 13.0 Å². The van der Waals surface area contributed by atoms with Crippen LogP contribution < -0.4 is 14.8 Å². The van der Waals surface area contributed by atoms with E-state index in [0.29, 0.717) is 5.56 Å². The Balaban J connectivity index is 2.29. The van der Waals surface area contributed by atoms with E-state index in [-0.39, 0.29) is 27.9 Å². The van der Waals surface area contributed by atoms with Crippen LogP contribution in [0.5, 0.6) is 11.5 Å². The molecule has 3 rings (SSSR count). The van der Waals surface area contributed by atoms with Crippen molar-refractivity contribution in [3.63, 3.8) is 0 Å². The number of benzene rings is 3. The molecule has 0 aliphatic rings. The first-order valence-corrected chi connectivity index (χ1v) is 11.1. The second-order valence-electron chi connectivity index (χ2n) is 6.91. The third kappa shape index (κ3) is 3.69. The van der Waals surface area contributed by atoms with Crippen molar-refractivity contribution >= 4 is 23.5 Å². The van der Waals surface area contributed by atoms with E-state index in [1.165, 1.54) is 14.2 Å². The summed E-state index contributed by atoms with van der Waals surface area (Å²) in [6.07, 6.45) is 0. The molecule has 5 nitrogen and oxygen atoms in total. The summed E-state index contributed by atoms with van der Waals surface area (Å²) >= 11 is 0. The van der Waals surface area contributed by atoms with Crippen molar-refractivity contribution in [1.29, 1.82) is 0 Å². The number of hydrogen-bond donors (Lipinski definition) is 0. The maximum atomic E-state index is 14.4. The van der Waals surface area contributed by atoms with E-state index in [0.717, 1.165) is 5.56 Å². The monoisotopic (exact) mass is 422 g/mol. The highest BCUT2D eigenvalue weighted by molar-refractivity contribution is 8.01. The SMILES string of the molecule is COc1cccc(OC)c1C(=O)P(=O)(C(=O)c1ccc(C)cc1C)c1ccccc1. The van der Waals surface area contributed by atoms with E-state index in [4.69, 9.17) is 9.47 Å². The van der Waals surface area contributed by atoms with Gasteiger partial charge in [-0.1, -0.05) is 60.2 Å². The standard InChI is InChI=1S/C24H23O5P/c1-16-13-14-19(17(2)15-16)23(25)30(27,18-9-6-5-7-10-18)24(26)22-20(28-3)11-8-12-21(22)29-4/h5-15H,1-4H3. The molecule has 0 saturated heterocycles. The number of aryl methyl sites for hydroxylation is 2. The van der Waals surface area contributed by atoms with Gasteiger partial charge in [-0.05, 0) is 31.5 Å². The predicted molar refractivity (Wildman–Crippen MR) is 118 cm³/mol. The topological polar surface area (TPSA) is 69.7 Å². The van der Waals surface area contributed by atoms with Crippen molar-refractivity contribution in [2.75, 3.05) is 14.2 Å². The summed E-state index contributed by atoms with van der Waals surface area (Å²) in [6.45, 7) is 3.67. The zero-order valence-electron chi connectivity index (χ0n) is 17.3. The smallest absolute Gasteiger partial charge is 0.248 e. The van der Waals surface area contributed by atoms with Gasteiger partial charge in [-0.2, -0.15) is 0 Å². The molecule has 0 aliphatic heterocycles. The molecule has 1 unspecified atom stereocenters. The van der Waals surface area contributed by atoms with Gasteiger partial charge in [-0.15, -0.1) is 0 Å². The molecule has 6 heteroatoms. The fourth-order valence-corrected chi connectivity index (χ4v) is 5.78. The lowest BCUT2D eigenvalue weighted by atomic mass is 10.1. The summed E-state index contributed by atoms with van der Waals surface area (Å²) in [5.74, 6) is 0.396. The van der Waals surface area contributed by atoms with E-state index >= 15 is 0 Å². The average molecular weight is 422 g/mol. The average Bonchev–Trinajstić information content (AvgIpc) is 2.77. The molecule has 0 spiro atoms. The highest BCUT2D eigenvalue weighted by atomic mass is 31.2. The molecule has 0 aliphatic carbocycles. The molecule has 0 N–H and O–H groups in total. The molecule has 0 fully saturated rings. The van der Waals surface area contributed by atoms with Gasteiger partial charge in [0.15, 0.2) is 0 Å². The van der Waals surface area contributed by atoms with Gasteiger partial charge in [0.25, 0.3) is 0 Å². The Labute approximate surface area is 176 Å². The Hall–Kier alpha value is -3.17. The van der Waals surface area contributed by atoms with E-state index in [1.54, 1.807) is 67.6 Å². The molecule has 3 aromatic rings. The minimum Gasteiger partial charge on any atom is -0.496 e. The zero-order valence-corrected chi connectivity index (χ0v) is 18.2. The van der Waals surface area contributed by atoms with Crippen LogP contribution in [0.1, 0.15) is 31.8 Å². The summed E-state index contributed by atoms with van der Waals surface area (Å²) in [5, 5.41) is 0.174. The Bertz CT molecular complexity index is 1130. The van der Waals surface area contributed by atoms with Crippen molar-refractivity contribution < 1.29 is 23.6 Å². The van der Waals surface area contributed by atoms with Crippen LogP contribution in [0.2, 0.25) is 0 Å². The molecule has 0 bridgehead atoms. The maximum Gasteiger partial charge on any atom is 0.248 e. The van der Waals surface area contributed by atoms with Crippen LogP contribution >= 0.6 is 7.14 Å². The lowest BCUT2D eigenvalue weighted by Crippen LogP contribution is -2.22. The van der Waals surface area contributed by atoms with Crippen molar-refractivity contribution in [2.24, 2.45) is 0 Å². The molecule has 3 aromatic carbocycles. The van der Waals surface area contributed by atoms with Gasteiger partial charge in [0.1, 0.15) is 17.1 Å². The van der Waals surface area contributed by atoms with Gasteiger partial charge in [-0.25, -0.2) is 0 Å². The van der Waals surface area contributed by atoms with Crippen LogP contribution in [0.15, 0.2) is 66.7 Å². The molecule has 0 heterocycles. The Morgan fingerprint density at radius 1 is 0.767 bits per heavy atom. The second kappa shape index (κ2) is 8.68. The summed E-state index contributed by atoms with van der Waals surface area (Å²) in [4.78, 5) is 27.4. The first kappa shape index (κ1) is 21.5. The van der Waals surface area contributed by atoms with Gasteiger partial charge < -0.3 is 14.0 Å².